The minimum absolute atomic E-state index is 0.0505. The molecule has 0 spiro atoms. The van der Waals surface area contributed by atoms with Gasteiger partial charge in [0.15, 0.2) is 5.82 Å². The number of hydrogen-bond acceptors (Lipinski definition) is 6. The van der Waals surface area contributed by atoms with Crippen LogP contribution in [0.25, 0.3) is 5.82 Å². The highest BCUT2D eigenvalue weighted by Crippen LogP contribution is 2.27. The zero-order valence-corrected chi connectivity index (χ0v) is 18.5. The Kier molecular flexibility index (Phi) is 5.73. The van der Waals surface area contributed by atoms with Gasteiger partial charge in [0.1, 0.15) is 11.6 Å². The molecule has 34 heavy (non-hydrogen) atoms. The minimum Gasteiger partial charge on any atom is -0.438 e. The summed E-state index contributed by atoms with van der Waals surface area (Å²) in [5.41, 5.74) is 1.43. The van der Waals surface area contributed by atoms with Crippen molar-refractivity contribution in [1.82, 2.24) is 19.7 Å². The summed E-state index contributed by atoms with van der Waals surface area (Å²) >= 11 is 0. The Labute approximate surface area is 196 Å². The molecule has 1 fully saturated rings. The van der Waals surface area contributed by atoms with Crippen LogP contribution in [-0.2, 0) is 9.59 Å². The molecule has 0 aliphatic carbocycles. The molecular weight excluding hydrogens is 432 g/mol. The van der Waals surface area contributed by atoms with Crippen molar-refractivity contribution in [2.24, 2.45) is 5.92 Å². The lowest BCUT2D eigenvalue weighted by Gasteiger charge is -2.16. The summed E-state index contributed by atoms with van der Waals surface area (Å²) in [5, 5.41) is 11.2. The van der Waals surface area contributed by atoms with E-state index in [1.54, 1.807) is 47.5 Å². The highest BCUT2D eigenvalue weighted by atomic mass is 16.5. The van der Waals surface area contributed by atoms with E-state index in [9.17, 15) is 9.59 Å². The summed E-state index contributed by atoms with van der Waals surface area (Å²) in [5.74, 6) is 1.74. The summed E-state index contributed by atoms with van der Waals surface area (Å²) in [6.45, 7) is 2.25. The molecule has 5 rings (SSSR count). The standard InChI is InChI=1S/C25H22N6O3/c1-17-26-13-14-30(17)22-11-12-23(29-28-22)34-21-9-7-19(8-10-21)27-25(33)18-15-24(32)31(16-18)20-5-3-2-4-6-20/h2-14,18H,15-16H2,1H3,(H,27,33). The lowest BCUT2D eigenvalue weighted by Crippen LogP contribution is -2.28. The Morgan fingerprint density at radius 1 is 1.03 bits per heavy atom. The zero-order chi connectivity index (χ0) is 23.5. The first kappa shape index (κ1) is 21.3. The van der Waals surface area contributed by atoms with Gasteiger partial charge in [0.2, 0.25) is 17.7 Å². The fraction of sp³-hybridized carbons (Fsp3) is 0.160. The van der Waals surface area contributed by atoms with E-state index in [1.165, 1.54) is 0 Å². The molecule has 1 aliphatic rings. The number of hydrogen-bond donors (Lipinski definition) is 1. The first-order chi connectivity index (χ1) is 16.6. The van der Waals surface area contributed by atoms with Gasteiger partial charge in [-0.2, -0.15) is 0 Å². The van der Waals surface area contributed by atoms with Crippen LogP contribution in [0.5, 0.6) is 11.6 Å². The van der Waals surface area contributed by atoms with Crippen LogP contribution in [0.1, 0.15) is 12.2 Å². The van der Waals surface area contributed by atoms with Crippen molar-refractivity contribution in [2.45, 2.75) is 13.3 Å². The number of ether oxygens (including phenoxy) is 1. The molecule has 0 bridgehead atoms. The quantitative estimate of drug-likeness (QED) is 0.476. The molecule has 2 amide bonds. The molecule has 1 unspecified atom stereocenters. The van der Waals surface area contributed by atoms with Gasteiger partial charge in [-0.1, -0.05) is 18.2 Å². The lowest BCUT2D eigenvalue weighted by molar-refractivity contribution is -0.122. The predicted molar refractivity (Wildman–Crippen MR) is 126 cm³/mol. The van der Waals surface area contributed by atoms with E-state index in [1.807, 2.05) is 48.0 Å². The number of nitrogens with one attached hydrogen (secondary N) is 1. The smallest absolute Gasteiger partial charge is 0.238 e. The zero-order valence-electron chi connectivity index (χ0n) is 18.5. The summed E-state index contributed by atoms with van der Waals surface area (Å²) in [6, 6.07) is 19.9. The minimum atomic E-state index is -0.406. The van der Waals surface area contributed by atoms with Crippen molar-refractivity contribution in [1.29, 1.82) is 0 Å². The lowest BCUT2D eigenvalue weighted by atomic mass is 10.1. The van der Waals surface area contributed by atoms with Crippen LogP contribution in [0.2, 0.25) is 0 Å². The van der Waals surface area contributed by atoms with Crippen LogP contribution >= 0.6 is 0 Å². The van der Waals surface area contributed by atoms with E-state index >= 15 is 0 Å². The van der Waals surface area contributed by atoms with Gasteiger partial charge < -0.3 is 15.0 Å². The average molecular weight is 454 g/mol. The van der Waals surface area contributed by atoms with Gasteiger partial charge in [0, 0.05) is 42.8 Å². The molecule has 1 aliphatic heterocycles. The van der Waals surface area contributed by atoms with E-state index < -0.39 is 5.92 Å². The number of aromatic nitrogens is 4. The molecule has 170 valence electrons. The van der Waals surface area contributed by atoms with Crippen LogP contribution in [0, 0.1) is 12.8 Å². The van der Waals surface area contributed by atoms with Crippen LogP contribution in [0.15, 0.2) is 79.1 Å². The van der Waals surface area contributed by atoms with Gasteiger partial charge >= 0.3 is 0 Å². The number of benzene rings is 2. The monoisotopic (exact) mass is 454 g/mol. The van der Waals surface area contributed by atoms with Gasteiger partial charge in [-0.25, -0.2) is 4.98 Å². The maximum atomic E-state index is 12.7. The number of imidazole rings is 1. The van der Waals surface area contributed by atoms with Gasteiger partial charge in [0.05, 0.1) is 5.92 Å². The largest absolute Gasteiger partial charge is 0.438 e. The van der Waals surface area contributed by atoms with Crippen LogP contribution in [0.3, 0.4) is 0 Å². The molecule has 2 aromatic carbocycles. The number of nitrogens with zero attached hydrogens (tertiary/aromatic N) is 5. The second-order valence-electron chi connectivity index (χ2n) is 7.93. The number of amides is 2. The number of carbonyl (C=O) groups excluding carboxylic acids is 2. The number of rotatable bonds is 6. The average Bonchev–Trinajstić information content (AvgIpc) is 3.47. The Morgan fingerprint density at radius 2 is 1.82 bits per heavy atom. The highest BCUT2D eigenvalue weighted by molar-refractivity contribution is 6.03. The Hall–Kier alpha value is -4.53. The third kappa shape index (κ3) is 4.49. The van der Waals surface area contributed by atoms with Crippen molar-refractivity contribution >= 4 is 23.2 Å². The Bertz CT molecular complexity index is 1300. The first-order valence-electron chi connectivity index (χ1n) is 10.8. The molecule has 1 N–H and O–H groups in total. The number of anilines is 2. The maximum absolute atomic E-state index is 12.7. The van der Waals surface area contributed by atoms with E-state index in [4.69, 9.17) is 4.74 Å². The molecule has 1 saturated heterocycles. The number of para-hydroxylation sites is 1. The van der Waals surface area contributed by atoms with Crippen LogP contribution in [-0.4, -0.2) is 38.1 Å². The number of carbonyl (C=O) groups is 2. The molecule has 3 heterocycles. The maximum Gasteiger partial charge on any atom is 0.238 e. The third-order valence-corrected chi connectivity index (χ3v) is 5.61. The molecular formula is C25H22N6O3. The summed E-state index contributed by atoms with van der Waals surface area (Å²) in [4.78, 5) is 30.9. The van der Waals surface area contributed by atoms with Crippen molar-refractivity contribution in [3.05, 3.63) is 84.9 Å². The molecule has 0 saturated carbocycles. The molecule has 9 heteroatoms. The van der Waals surface area contributed by atoms with Crippen molar-refractivity contribution in [2.75, 3.05) is 16.8 Å². The van der Waals surface area contributed by atoms with Gasteiger partial charge in [-0.05, 0) is 49.4 Å². The molecule has 1 atom stereocenters. The van der Waals surface area contributed by atoms with Crippen LogP contribution in [0.4, 0.5) is 11.4 Å². The van der Waals surface area contributed by atoms with Gasteiger partial charge in [-0.15, -0.1) is 10.2 Å². The SMILES string of the molecule is Cc1nccn1-c1ccc(Oc2ccc(NC(=O)C3CC(=O)N(c4ccccc4)C3)cc2)nn1. The molecule has 9 nitrogen and oxygen atoms in total. The molecule has 0 radical (unpaired) electrons. The topological polar surface area (TPSA) is 102 Å². The summed E-state index contributed by atoms with van der Waals surface area (Å²) in [6.07, 6.45) is 3.70. The normalized spacial score (nSPS) is 15.4. The second kappa shape index (κ2) is 9.14. The van der Waals surface area contributed by atoms with E-state index in [2.05, 4.69) is 20.5 Å². The summed E-state index contributed by atoms with van der Waals surface area (Å²) < 4.78 is 7.58. The molecule has 2 aromatic heterocycles. The van der Waals surface area contributed by atoms with Crippen LogP contribution < -0.4 is 15.0 Å². The van der Waals surface area contributed by atoms with Gasteiger partial charge in [0.25, 0.3) is 0 Å². The first-order valence-corrected chi connectivity index (χ1v) is 10.8. The predicted octanol–water partition coefficient (Wildman–Crippen LogP) is 3.75. The number of aryl methyl sites for hydroxylation is 1. The molecule has 4 aromatic rings. The van der Waals surface area contributed by atoms with E-state index in [0.29, 0.717) is 29.7 Å². The second-order valence-corrected chi connectivity index (χ2v) is 7.93. The fourth-order valence-corrected chi connectivity index (χ4v) is 3.83. The van der Waals surface area contributed by atoms with Crippen molar-refractivity contribution in [3.63, 3.8) is 0 Å². The van der Waals surface area contributed by atoms with E-state index in [0.717, 1.165) is 11.5 Å². The van der Waals surface area contributed by atoms with Crippen molar-refractivity contribution < 1.29 is 14.3 Å². The Morgan fingerprint density at radius 3 is 2.50 bits per heavy atom. The van der Waals surface area contributed by atoms with Crippen molar-refractivity contribution in [3.8, 4) is 17.4 Å². The fourth-order valence-electron chi connectivity index (χ4n) is 3.83. The van der Waals surface area contributed by atoms with E-state index in [-0.39, 0.29) is 18.2 Å². The highest BCUT2D eigenvalue weighted by Gasteiger charge is 2.35. The summed E-state index contributed by atoms with van der Waals surface area (Å²) in [7, 11) is 0. The van der Waals surface area contributed by atoms with Gasteiger partial charge in [-0.3, -0.25) is 14.2 Å². The Balaban J connectivity index is 1.18. The third-order valence-electron chi connectivity index (χ3n) is 5.61.